The maximum Gasteiger partial charge on any atom is 0.389 e. The molecular weight excluding hydrogens is 402 g/mol. The highest BCUT2D eigenvalue weighted by Gasteiger charge is 2.54. The molecule has 0 saturated carbocycles. The number of amides is 2. The Morgan fingerprint density at radius 2 is 2.23 bits per heavy atom. The summed E-state index contributed by atoms with van der Waals surface area (Å²) in [5.74, 6) is -1.45. The zero-order valence-electron chi connectivity index (χ0n) is 13.5. The molecule has 1 aromatic heterocycles. The maximum absolute atomic E-state index is 12.5. The molecule has 0 bridgehead atoms. The fourth-order valence-electron chi connectivity index (χ4n) is 2.53. The predicted molar refractivity (Wildman–Crippen MR) is 95.0 cm³/mol. The topological polar surface area (TPSA) is 137 Å². The van der Waals surface area contributed by atoms with Crippen LogP contribution in [-0.4, -0.2) is 62.0 Å². The molecule has 0 spiro atoms. The van der Waals surface area contributed by atoms with Gasteiger partial charge in [-0.05, 0) is 36.2 Å². The monoisotopic (exact) mass is 415 g/mol. The lowest BCUT2D eigenvalue weighted by atomic mass is 10.0. The van der Waals surface area contributed by atoms with Gasteiger partial charge in [0.05, 0.1) is 7.11 Å². The molecule has 26 heavy (non-hydrogen) atoms. The molecule has 0 radical (unpaired) electrons. The van der Waals surface area contributed by atoms with E-state index in [1.165, 1.54) is 23.8 Å². The number of rotatable bonds is 5. The van der Waals surface area contributed by atoms with Crippen LogP contribution < -0.4 is 5.32 Å². The molecule has 2 amide bonds. The van der Waals surface area contributed by atoms with Gasteiger partial charge in [-0.15, -0.1) is 11.8 Å². The quantitative estimate of drug-likeness (QED) is 0.206. The van der Waals surface area contributed by atoms with Crippen molar-refractivity contribution < 1.29 is 24.2 Å². The Kier molecular flexibility index (Phi) is 5.22. The second-order valence-corrected chi connectivity index (χ2v) is 7.88. The third-order valence-corrected chi connectivity index (χ3v) is 6.03. The van der Waals surface area contributed by atoms with E-state index >= 15 is 0 Å². The van der Waals surface area contributed by atoms with Gasteiger partial charge in [0.2, 0.25) is 0 Å². The van der Waals surface area contributed by atoms with E-state index in [1.807, 2.05) is 0 Å². The minimum atomic E-state index is -0.854. The highest BCUT2D eigenvalue weighted by atomic mass is 32.2. The van der Waals surface area contributed by atoms with Gasteiger partial charge in [0.1, 0.15) is 17.1 Å². The van der Waals surface area contributed by atoms with Gasteiger partial charge in [0.25, 0.3) is 11.8 Å². The number of nitrogens with zero attached hydrogens (tertiary/aromatic N) is 2. The van der Waals surface area contributed by atoms with Crippen molar-refractivity contribution in [3.05, 3.63) is 21.0 Å². The zero-order valence-corrected chi connectivity index (χ0v) is 16.0. The summed E-state index contributed by atoms with van der Waals surface area (Å²) in [6.07, 6.45) is 0. The van der Waals surface area contributed by atoms with E-state index in [-0.39, 0.29) is 15.5 Å². The first-order chi connectivity index (χ1) is 12.3. The number of thioether (sulfide) groups is 1. The Morgan fingerprint density at radius 3 is 2.85 bits per heavy atom. The third-order valence-electron chi connectivity index (χ3n) is 3.70. The summed E-state index contributed by atoms with van der Waals surface area (Å²) in [5, 5.41) is 9.90. The van der Waals surface area contributed by atoms with Crippen molar-refractivity contribution >= 4 is 59.0 Å². The Balaban J connectivity index is 1.72. The fourth-order valence-corrected chi connectivity index (χ4v) is 4.51. The molecule has 0 aromatic carbocycles. The first kappa shape index (κ1) is 18.7. The predicted octanol–water partition coefficient (Wildman–Crippen LogP) is 0.347. The van der Waals surface area contributed by atoms with E-state index in [2.05, 4.69) is 24.4 Å². The molecule has 3 N–H and O–H groups in total. The maximum atomic E-state index is 12.5. The lowest BCUT2D eigenvalue weighted by Gasteiger charge is -2.49. The van der Waals surface area contributed by atoms with Crippen LogP contribution in [0, 0.1) is 9.36 Å². The first-order valence-corrected chi connectivity index (χ1v) is 9.47. The number of fused-ring (bicyclic) bond motifs is 1. The third kappa shape index (κ3) is 3.18. The molecule has 138 valence electrons. The number of aromatic amines is 1. The highest BCUT2D eigenvalue weighted by molar-refractivity contribution is 8.00. The number of aromatic nitrogens is 2. The van der Waals surface area contributed by atoms with Crippen molar-refractivity contribution in [2.75, 3.05) is 12.9 Å². The van der Waals surface area contributed by atoms with Crippen LogP contribution in [-0.2, 0) is 24.2 Å². The molecular formula is C13H13N5O5S3. The van der Waals surface area contributed by atoms with Crippen LogP contribution in [0.2, 0.25) is 0 Å². The van der Waals surface area contributed by atoms with Crippen molar-refractivity contribution in [2.45, 2.75) is 18.3 Å². The van der Waals surface area contributed by atoms with E-state index < -0.39 is 34.9 Å². The molecule has 10 nitrogen and oxygen atoms in total. The average Bonchev–Trinajstić information content (AvgIpc) is 3.05. The Bertz CT molecular complexity index is 891. The van der Waals surface area contributed by atoms with Crippen LogP contribution in [0.5, 0.6) is 0 Å². The average molecular weight is 415 g/mol. The van der Waals surface area contributed by atoms with Crippen LogP contribution in [0.25, 0.3) is 0 Å². The van der Waals surface area contributed by atoms with Crippen molar-refractivity contribution in [1.29, 1.82) is 5.41 Å². The molecule has 3 heterocycles. The van der Waals surface area contributed by atoms with E-state index in [4.69, 9.17) is 17.6 Å². The fraction of sp³-hybridized carbons (Fsp3) is 0.385. The molecule has 2 atom stereocenters. The highest BCUT2D eigenvalue weighted by Crippen LogP contribution is 2.40. The lowest BCUT2D eigenvalue weighted by Crippen LogP contribution is -2.71. The normalized spacial score (nSPS) is 21.8. The molecule has 1 saturated heterocycles. The summed E-state index contributed by atoms with van der Waals surface area (Å²) in [4.78, 5) is 50.7. The number of H-pyrrole nitrogens is 1. The summed E-state index contributed by atoms with van der Waals surface area (Å²) in [6, 6.07) is -0.854. The van der Waals surface area contributed by atoms with Crippen LogP contribution in [0.1, 0.15) is 12.7 Å². The second kappa shape index (κ2) is 7.26. The Morgan fingerprint density at radius 1 is 1.50 bits per heavy atom. The van der Waals surface area contributed by atoms with Gasteiger partial charge >= 0.3 is 5.97 Å². The van der Waals surface area contributed by atoms with E-state index in [0.29, 0.717) is 11.3 Å². The van der Waals surface area contributed by atoms with E-state index in [0.717, 1.165) is 11.5 Å². The van der Waals surface area contributed by atoms with Gasteiger partial charge in [0, 0.05) is 5.75 Å². The molecule has 13 heteroatoms. The zero-order chi connectivity index (χ0) is 19.0. The van der Waals surface area contributed by atoms with Crippen molar-refractivity contribution in [3.63, 3.8) is 0 Å². The lowest BCUT2D eigenvalue weighted by molar-refractivity contribution is -0.252. The summed E-state index contributed by atoms with van der Waals surface area (Å²) < 4.78 is 2.93. The van der Waals surface area contributed by atoms with Gasteiger partial charge in [-0.2, -0.15) is 4.89 Å². The van der Waals surface area contributed by atoms with Gasteiger partial charge in [-0.1, -0.05) is 0 Å². The van der Waals surface area contributed by atoms with Crippen molar-refractivity contribution in [1.82, 2.24) is 19.6 Å². The summed E-state index contributed by atoms with van der Waals surface area (Å²) in [7, 11) is 1.19. The largest absolute Gasteiger partial charge is 0.389 e. The molecule has 3 rings (SSSR count). The number of hydrogen-bond donors (Lipinski definition) is 3. The number of β-lactam (4-membered cyclic amide) rings is 1. The molecule has 1 aromatic rings. The minimum absolute atomic E-state index is 0.0394. The summed E-state index contributed by atoms with van der Waals surface area (Å²) >= 11 is 7.28. The molecule has 2 aliphatic heterocycles. The Hall–Kier alpha value is -2.09. The molecule has 1 fully saturated rings. The van der Waals surface area contributed by atoms with E-state index in [9.17, 15) is 14.4 Å². The summed E-state index contributed by atoms with van der Waals surface area (Å²) in [6.45, 7) is 1.72. The smallest absolute Gasteiger partial charge is 0.336 e. The Labute approximate surface area is 160 Å². The SMILES string of the molecule is COOC(=O)C1=C(C)CSC2C(NC(=O)C(=N)c3nc(=S)s[nH]3)C(=O)N12. The summed E-state index contributed by atoms with van der Waals surface area (Å²) in [5.41, 5.74) is 0.370. The van der Waals surface area contributed by atoms with Crippen LogP contribution >= 0.6 is 35.5 Å². The van der Waals surface area contributed by atoms with Gasteiger partial charge in [-0.3, -0.25) is 29.2 Å². The second-order valence-electron chi connectivity index (χ2n) is 5.33. The van der Waals surface area contributed by atoms with Crippen LogP contribution in [0.15, 0.2) is 11.3 Å². The van der Waals surface area contributed by atoms with Crippen molar-refractivity contribution in [3.8, 4) is 0 Å². The van der Waals surface area contributed by atoms with Gasteiger partial charge in [-0.25, -0.2) is 9.78 Å². The molecule has 2 unspecified atom stereocenters. The molecule has 0 aliphatic carbocycles. The van der Waals surface area contributed by atoms with Crippen LogP contribution in [0.4, 0.5) is 0 Å². The van der Waals surface area contributed by atoms with Crippen molar-refractivity contribution in [2.24, 2.45) is 0 Å². The molecule has 2 aliphatic rings. The first-order valence-electron chi connectivity index (χ1n) is 7.20. The van der Waals surface area contributed by atoms with Gasteiger partial charge in [0.15, 0.2) is 15.5 Å². The number of nitrogens with one attached hydrogen (secondary N) is 3. The van der Waals surface area contributed by atoms with E-state index in [1.54, 1.807) is 6.92 Å². The number of carbonyl (C=O) groups is 3. The number of carbonyl (C=O) groups excluding carboxylic acids is 3. The number of hydrogen-bond acceptors (Lipinski definition) is 10. The van der Waals surface area contributed by atoms with Crippen LogP contribution in [0.3, 0.4) is 0 Å². The van der Waals surface area contributed by atoms with Gasteiger partial charge < -0.3 is 5.32 Å². The standard InChI is InChI=1S/C13H13N5O5S3/c1-4-3-25-11-6(10(20)18(11)7(4)12(21)23-22-2)15-9(19)5(14)8-16-13(24)26-17-8/h6,11,14H,3H2,1-2H3,(H,15,19)(H,16,17,24). The minimum Gasteiger partial charge on any atom is -0.336 e.